The van der Waals surface area contributed by atoms with Crippen molar-refractivity contribution in [1.82, 2.24) is 0 Å². The Bertz CT molecular complexity index is 655. The van der Waals surface area contributed by atoms with E-state index in [9.17, 15) is 0 Å². The van der Waals surface area contributed by atoms with Crippen LogP contribution in [0.4, 0.5) is 5.69 Å². The SMILES string of the molecule is I.NC(=NCc1ccccc1OC1CCCC1)Nc1ccccc1. The molecule has 0 amide bonds. The molecular weight excluding hydrogens is 413 g/mol. The average molecular weight is 437 g/mol. The zero-order chi connectivity index (χ0) is 15.9. The maximum Gasteiger partial charge on any atom is 0.193 e. The van der Waals surface area contributed by atoms with E-state index in [1.54, 1.807) is 0 Å². The molecule has 1 fully saturated rings. The third-order valence-corrected chi connectivity index (χ3v) is 4.03. The molecule has 24 heavy (non-hydrogen) atoms. The number of para-hydroxylation sites is 2. The number of hydrogen-bond donors (Lipinski definition) is 2. The molecule has 1 saturated carbocycles. The molecule has 1 aliphatic rings. The first kappa shape index (κ1) is 18.6. The molecule has 1 aliphatic carbocycles. The lowest BCUT2D eigenvalue weighted by Gasteiger charge is -2.15. The molecule has 0 heterocycles. The van der Waals surface area contributed by atoms with Crippen LogP contribution in [0.1, 0.15) is 31.2 Å². The maximum absolute atomic E-state index is 6.13. The summed E-state index contributed by atoms with van der Waals surface area (Å²) >= 11 is 0. The van der Waals surface area contributed by atoms with E-state index in [2.05, 4.69) is 10.3 Å². The molecule has 0 saturated heterocycles. The van der Waals surface area contributed by atoms with Gasteiger partial charge >= 0.3 is 0 Å². The van der Waals surface area contributed by atoms with E-state index in [4.69, 9.17) is 10.5 Å². The molecule has 4 nitrogen and oxygen atoms in total. The summed E-state index contributed by atoms with van der Waals surface area (Å²) in [6.45, 7) is 0.508. The average Bonchev–Trinajstić information content (AvgIpc) is 3.08. The highest BCUT2D eigenvalue weighted by molar-refractivity contribution is 14.0. The van der Waals surface area contributed by atoms with Crippen LogP contribution in [-0.2, 0) is 6.54 Å². The second kappa shape index (κ2) is 9.52. The van der Waals surface area contributed by atoms with E-state index in [0.717, 1.165) is 29.8 Å². The molecule has 3 N–H and O–H groups in total. The lowest BCUT2D eigenvalue weighted by molar-refractivity contribution is 0.208. The van der Waals surface area contributed by atoms with Gasteiger partial charge in [0.05, 0.1) is 12.6 Å². The van der Waals surface area contributed by atoms with Crippen LogP contribution in [0.25, 0.3) is 0 Å². The summed E-state index contributed by atoms with van der Waals surface area (Å²) in [6, 6.07) is 17.9. The van der Waals surface area contributed by atoms with Gasteiger partial charge in [-0.15, -0.1) is 24.0 Å². The second-order valence-corrected chi connectivity index (χ2v) is 5.82. The Kier molecular flexibility index (Phi) is 7.36. The van der Waals surface area contributed by atoms with Crippen molar-refractivity contribution < 1.29 is 4.74 Å². The predicted octanol–water partition coefficient (Wildman–Crippen LogP) is 4.55. The van der Waals surface area contributed by atoms with Crippen LogP contribution in [0.5, 0.6) is 5.75 Å². The number of anilines is 1. The minimum absolute atomic E-state index is 0. The Morgan fingerprint density at radius 1 is 1.04 bits per heavy atom. The lowest BCUT2D eigenvalue weighted by Crippen LogP contribution is -2.22. The zero-order valence-corrected chi connectivity index (χ0v) is 16.0. The normalized spacial score (nSPS) is 14.9. The van der Waals surface area contributed by atoms with Crippen LogP contribution in [0, 0.1) is 0 Å². The van der Waals surface area contributed by atoms with Gasteiger partial charge in [-0.05, 0) is 43.9 Å². The summed E-state index contributed by atoms with van der Waals surface area (Å²) in [7, 11) is 0. The number of hydrogen-bond acceptors (Lipinski definition) is 2. The molecule has 0 bridgehead atoms. The number of ether oxygens (including phenoxy) is 1. The van der Waals surface area contributed by atoms with Crippen molar-refractivity contribution in [3.05, 3.63) is 60.2 Å². The fraction of sp³-hybridized carbons (Fsp3) is 0.316. The molecule has 2 aromatic carbocycles. The Morgan fingerprint density at radius 3 is 2.46 bits per heavy atom. The highest BCUT2D eigenvalue weighted by atomic mass is 127. The molecular formula is C19H24IN3O. The van der Waals surface area contributed by atoms with Gasteiger partial charge in [0.2, 0.25) is 0 Å². The molecule has 0 aliphatic heterocycles. The minimum Gasteiger partial charge on any atom is -0.490 e. The monoisotopic (exact) mass is 437 g/mol. The van der Waals surface area contributed by atoms with E-state index in [1.807, 2.05) is 54.6 Å². The van der Waals surface area contributed by atoms with Gasteiger partial charge < -0.3 is 15.8 Å². The molecule has 3 rings (SSSR count). The smallest absolute Gasteiger partial charge is 0.193 e. The number of halogens is 1. The minimum atomic E-state index is 0. The summed E-state index contributed by atoms with van der Waals surface area (Å²) in [5.74, 6) is 1.34. The molecule has 5 heteroatoms. The predicted molar refractivity (Wildman–Crippen MR) is 110 cm³/mol. The van der Waals surface area contributed by atoms with E-state index >= 15 is 0 Å². The number of rotatable bonds is 5. The molecule has 0 atom stereocenters. The highest BCUT2D eigenvalue weighted by Gasteiger charge is 2.17. The number of guanidine groups is 1. The number of nitrogens with two attached hydrogens (primary N) is 1. The number of benzene rings is 2. The van der Waals surface area contributed by atoms with Crippen LogP contribution < -0.4 is 15.8 Å². The summed E-state index contributed by atoms with van der Waals surface area (Å²) in [6.07, 6.45) is 5.17. The third-order valence-electron chi connectivity index (χ3n) is 4.03. The van der Waals surface area contributed by atoms with Gasteiger partial charge in [-0.2, -0.15) is 0 Å². The van der Waals surface area contributed by atoms with E-state index < -0.39 is 0 Å². The van der Waals surface area contributed by atoms with Crippen molar-refractivity contribution in [3.8, 4) is 5.75 Å². The fourth-order valence-electron chi connectivity index (χ4n) is 2.81. The molecule has 0 unspecified atom stereocenters. The summed E-state index contributed by atoms with van der Waals surface area (Å²) in [4.78, 5) is 4.43. The Balaban J connectivity index is 0.00000208. The summed E-state index contributed by atoms with van der Waals surface area (Å²) in [5, 5.41) is 3.09. The maximum atomic E-state index is 6.13. The standard InChI is InChI=1S/C19H23N3O.HI/c20-19(22-16-9-2-1-3-10-16)21-14-15-8-4-7-13-18(15)23-17-11-5-6-12-17;/h1-4,7-10,13,17H,5-6,11-12,14H2,(H3,20,21,22);1H. The molecule has 2 aromatic rings. The molecule has 0 spiro atoms. The van der Waals surface area contributed by atoms with Crippen LogP contribution in [-0.4, -0.2) is 12.1 Å². The first-order chi connectivity index (χ1) is 11.3. The Hall–Kier alpha value is -1.76. The van der Waals surface area contributed by atoms with Crippen molar-refractivity contribution in [2.45, 2.75) is 38.3 Å². The summed E-state index contributed by atoms with van der Waals surface area (Å²) in [5.41, 5.74) is 7.97. The first-order valence-electron chi connectivity index (χ1n) is 8.18. The van der Waals surface area contributed by atoms with Gasteiger partial charge in [0.15, 0.2) is 5.96 Å². The van der Waals surface area contributed by atoms with Crippen LogP contribution in [0.2, 0.25) is 0 Å². The van der Waals surface area contributed by atoms with Crippen molar-refractivity contribution in [3.63, 3.8) is 0 Å². The third kappa shape index (κ3) is 5.40. The number of nitrogens with one attached hydrogen (secondary N) is 1. The molecule has 0 aromatic heterocycles. The first-order valence-corrected chi connectivity index (χ1v) is 8.18. The van der Waals surface area contributed by atoms with Gasteiger partial charge in [0.25, 0.3) is 0 Å². The molecule has 128 valence electrons. The van der Waals surface area contributed by atoms with Crippen molar-refractivity contribution in [1.29, 1.82) is 0 Å². The quantitative estimate of drug-likeness (QED) is 0.410. The van der Waals surface area contributed by atoms with Crippen LogP contribution >= 0.6 is 24.0 Å². The van der Waals surface area contributed by atoms with Crippen LogP contribution in [0.15, 0.2) is 59.6 Å². The highest BCUT2D eigenvalue weighted by Crippen LogP contribution is 2.27. The number of aliphatic imine (C=N–C) groups is 1. The van der Waals surface area contributed by atoms with Gasteiger partial charge in [-0.3, -0.25) is 0 Å². The lowest BCUT2D eigenvalue weighted by atomic mass is 10.2. The van der Waals surface area contributed by atoms with Gasteiger partial charge in [-0.25, -0.2) is 4.99 Å². The van der Waals surface area contributed by atoms with Crippen molar-refractivity contribution in [2.24, 2.45) is 10.7 Å². The van der Waals surface area contributed by atoms with Gasteiger partial charge in [0, 0.05) is 11.3 Å². The fourth-order valence-corrected chi connectivity index (χ4v) is 2.81. The topological polar surface area (TPSA) is 59.6 Å². The second-order valence-electron chi connectivity index (χ2n) is 5.82. The largest absolute Gasteiger partial charge is 0.490 e. The van der Waals surface area contributed by atoms with Crippen molar-refractivity contribution in [2.75, 3.05) is 5.32 Å². The zero-order valence-electron chi connectivity index (χ0n) is 13.7. The van der Waals surface area contributed by atoms with Crippen LogP contribution in [0.3, 0.4) is 0 Å². The van der Waals surface area contributed by atoms with Crippen molar-refractivity contribution >= 4 is 35.6 Å². The van der Waals surface area contributed by atoms with Gasteiger partial charge in [0.1, 0.15) is 5.75 Å². The van der Waals surface area contributed by atoms with E-state index in [0.29, 0.717) is 18.6 Å². The Morgan fingerprint density at radius 2 is 1.71 bits per heavy atom. The van der Waals surface area contributed by atoms with E-state index in [1.165, 1.54) is 12.8 Å². The molecule has 0 radical (unpaired) electrons. The Labute approximate surface area is 160 Å². The van der Waals surface area contributed by atoms with Gasteiger partial charge in [-0.1, -0.05) is 36.4 Å². The van der Waals surface area contributed by atoms with E-state index in [-0.39, 0.29) is 24.0 Å². The number of nitrogens with zero attached hydrogens (tertiary/aromatic N) is 1. The summed E-state index contributed by atoms with van der Waals surface area (Å²) < 4.78 is 6.13.